The Kier molecular flexibility index (Phi) is 29.7. The molecule has 71 heavy (non-hydrogen) atoms. The Labute approximate surface area is 416 Å². The van der Waals surface area contributed by atoms with Crippen LogP contribution in [0.15, 0.2) is 34.9 Å². The van der Waals surface area contributed by atoms with Gasteiger partial charge in [0.05, 0.1) is 39.0 Å². The Morgan fingerprint density at radius 3 is 1.06 bits per heavy atom. The van der Waals surface area contributed by atoms with Gasteiger partial charge in [0.2, 0.25) is 53.2 Å². The minimum Gasteiger partial charge on any atom is -0.756 e. The van der Waals surface area contributed by atoms with Gasteiger partial charge in [-0.2, -0.15) is 0 Å². The number of nitrogens with one attached hydrogen (secondary N) is 6. The standard InChI is InChI=1S/C41H58N9O20.Fe/c1-22(16-34(57)58)13-31(54)48(68)10-4-7-25-38(64)44-26(8-5-11-49(69)32(55)14-23(2)17-35(59)60)39(65)45-27(9-6-12-50(70)33(56)15-24(3)18-36(61)62)40(66)47-29(21-52)41(67)46-28(20-51)37(63)42-19-30(53)43-25;/h13-15,25-29,51-52H,4-12,16-21H2,1-3H3,(H,42,63)(H,43,53)(H,44,64)(H,45,65)(H,46,67)(H,47,66)(H,57,58)(H,59,60)(H,61,62);/q-3;+3/b22-13-,23-14+,24-15-;. The van der Waals surface area contributed by atoms with Crippen LogP contribution in [0.5, 0.6) is 0 Å². The summed E-state index contributed by atoms with van der Waals surface area (Å²) < 4.78 is 0. The van der Waals surface area contributed by atoms with Crippen LogP contribution in [0.25, 0.3) is 0 Å². The first-order chi connectivity index (χ1) is 32.8. The maximum Gasteiger partial charge on any atom is 3.00 e. The quantitative estimate of drug-likeness (QED) is 0.0265. The second kappa shape index (κ2) is 32.9. The number of carbonyl (C=O) groups is 12. The van der Waals surface area contributed by atoms with E-state index in [9.17, 15) is 83.4 Å². The molecule has 1 saturated heterocycles. The Balaban J connectivity index is 0.0000490. The van der Waals surface area contributed by atoms with E-state index in [0.717, 1.165) is 18.2 Å². The Bertz CT molecular complexity index is 2050. The summed E-state index contributed by atoms with van der Waals surface area (Å²) in [6.45, 7) is -1.25. The summed E-state index contributed by atoms with van der Waals surface area (Å²) in [5.74, 6) is -14.5. The molecule has 30 heteroatoms. The molecule has 1 fully saturated rings. The molecule has 0 saturated carbocycles. The Morgan fingerprint density at radius 1 is 0.493 bits per heavy atom. The molecule has 0 aliphatic carbocycles. The Hall–Kier alpha value is -6.82. The van der Waals surface area contributed by atoms with E-state index in [1.54, 1.807) is 0 Å². The van der Waals surface area contributed by atoms with Crippen molar-refractivity contribution in [3.8, 4) is 0 Å². The van der Waals surface area contributed by atoms with E-state index in [1.165, 1.54) is 20.8 Å². The minimum absolute atomic E-state index is 0. The number of aliphatic hydroxyl groups is 2. The second-order valence-corrected chi connectivity index (χ2v) is 15.9. The van der Waals surface area contributed by atoms with Gasteiger partial charge in [0.1, 0.15) is 30.2 Å². The van der Waals surface area contributed by atoms with E-state index in [1.807, 2.05) is 0 Å². The molecule has 0 aromatic heterocycles. The molecule has 1 aliphatic rings. The predicted octanol–water partition coefficient (Wildman–Crippen LogP) is -3.89. The number of carboxylic acid groups (broad SMARTS) is 3. The molecule has 29 nitrogen and oxygen atoms in total. The summed E-state index contributed by atoms with van der Waals surface area (Å²) >= 11 is 0. The molecule has 1 heterocycles. The van der Waals surface area contributed by atoms with Crippen molar-refractivity contribution in [1.82, 2.24) is 47.1 Å². The minimum atomic E-state index is -1.88. The molecule has 395 valence electrons. The average molecular weight is 1050 g/mol. The first-order valence-electron chi connectivity index (χ1n) is 21.4. The molecule has 0 aromatic rings. The van der Waals surface area contributed by atoms with Crippen LogP contribution in [0.2, 0.25) is 0 Å². The van der Waals surface area contributed by atoms with Crippen molar-refractivity contribution in [3.63, 3.8) is 0 Å². The van der Waals surface area contributed by atoms with Crippen LogP contribution in [-0.2, 0) is 74.6 Å². The molecular formula is C41H58FeN9O20. The summed E-state index contributed by atoms with van der Waals surface area (Å²) in [6, 6.07) is -8.95. The number of carbonyl (C=O) groups excluding carboxylic acids is 9. The van der Waals surface area contributed by atoms with Crippen LogP contribution in [0, 0.1) is 15.6 Å². The normalized spacial score (nSPS) is 19.9. The van der Waals surface area contributed by atoms with Crippen molar-refractivity contribution in [2.75, 3.05) is 39.4 Å². The van der Waals surface area contributed by atoms with Crippen LogP contribution < -0.4 is 31.9 Å². The van der Waals surface area contributed by atoms with Crippen molar-refractivity contribution in [1.29, 1.82) is 0 Å². The fourth-order valence-corrected chi connectivity index (χ4v) is 6.18. The summed E-state index contributed by atoms with van der Waals surface area (Å²) in [5, 5.41) is 97.5. The molecule has 11 N–H and O–H groups in total. The fourth-order valence-electron chi connectivity index (χ4n) is 6.18. The molecule has 0 spiro atoms. The average Bonchev–Trinajstić information content (AvgIpc) is 3.26. The first-order valence-corrected chi connectivity index (χ1v) is 21.4. The van der Waals surface area contributed by atoms with Crippen molar-refractivity contribution in [2.45, 2.75) is 109 Å². The van der Waals surface area contributed by atoms with Gasteiger partial charge in [-0.25, -0.2) is 0 Å². The predicted molar refractivity (Wildman–Crippen MR) is 238 cm³/mol. The number of aliphatic carboxylic acids is 3. The van der Waals surface area contributed by atoms with Gasteiger partial charge in [-0.15, -0.1) is 0 Å². The molecule has 1 aliphatic heterocycles. The van der Waals surface area contributed by atoms with Gasteiger partial charge in [0, 0.05) is 37.9 Å². The molecular weight excluding hydrogens is 994 g/mol. The second-order valence-electron chi connectivity index (χ2n) is 15.9. The van der Waals surface area contributed by atoms with Crippen LogP contribution >= 0.6 is 0 Å². The Morgan fingerprint density at radius 2 is 0.761 bits per heavy atom. The van der Waals surface area contributed by atoms with Crippen molar-refractivity contribution >= 4 is 71.1 Å². The topological polar surface area (TPSA) is 457 Å². The van der Waals surface area contributed by atoms with Crippen molar-refractivity contribution in [3.05, 3.63) is 50.6 Å². The van der Waals surface area contributed by atoms with Gasteiger partial charge < -0.3 is 88.2 Å². The fraction of sp³-hybridized carbons (Fsp3) is 0.561. The van der Waals surface area contributed by atoms with Gasteiger partial charge >= 0.3 is 35.0 Å². The van der Waals surface area contributed by atoms with E-state index in [4.69, 9.17) is 15.3 Å². The van der Waals surface area contributed by atoms with Gasteiger partial charge in [-0.3, -0.25) is 57.5 Å². The van der Waals surface area contributed by atoms with E-state index in [-0.39, 0.29) is 68.2 Å². The zero-order valence-corrected chi connectivity index (χ0v) is 39.9. The number of carboxylic acids is 3. The molecule has 1 radical (unpaired) electrons. The van der Waals surface area contributed by atoms with E-state index < -0.39 is 179 Å². The van der Waals surface area contributed by atoms with E-state index in [0.29, 0.717) is 0 Å². The number of hydroxylamine groups is 6. The molecule has 5 atom stereocenters. The molecule has 0 aromatic carbocycles. The number of amides is 9. The monoisotopic (exact) mass is 1050 g/mol. The van der Waals surface area contributed by atoms with Crippen molar-refractivity contribution < 1.29 is 100 Å². The molecule has 0 bridgehead atoms. The smallest absolute Gasteiger partial charge is 0.756 e. The number of hydrogen-bond donors (Lipinski definition) is 11. The summed E-state index contributed by atoms with van der Waals surface area (Å²) in [6.07, 6.45) is -2.00. The number of nitrogens with zero attached hydrogens (tertiary/aromatic N) is 3. The summed E-state index contributed by atoms with van der Waals surface area (Å²) in [4.78, 5) is 151. The molecule has 9 amide bonds. The molecule has 5 unspecified atom stereocenters. The van der Waals surface area contributed by atoms with E-state index >= 15 is 0 Å². The van der Waals surface area contributed by atoms with Gasteiger partial charge in [-0.1, -0.05) is 16.7 Å². The maximum atomic E-state index is 14.1. The van der Waals surface area contributed by atoms with Crippen molar-refractivity contribution in [2.24, 2.45) is 0 Å². The summed E-state index contributed by atoms with van der Waals surface area (Å²) in [7, 11) is 0. The van der Waals surface area contributed by atoms with Gasteiger partial charge in [0.15, 0.2) is 0 Å². The first kappa shape index (κ1) is 64.2. The largest absolute Gasteiger partial charge is 3.00 e. The van der Waals surface area contributed by atoms with Crippen LogP contribution in [0.1, 0.15) is 78.6 Å². The van der Waals surface area contributed by atoms with E-state index in [2.05, 4.69) is 31.9 Å². The van der Waals surface area contributed by atoms with Crippen LogP contribution in [-0.4, -0.2) is 181 Å². The number of rotatable bonds is 23. The maximum absolute atomic E-state index is 14.1. The summed E-state index contributed by atoms with van der Waals surface area (Å²) in [5.41, 5.74) is 0.0703. The zero-order valence-electron chi connectivity index (χ0n) is 38.8. The van der Waals surface area contributed by atoms with Crippen LogP contribution in [0.3, 0.4) is 0 Å². The SMILES string of the molecule is C/C(=C/C(=O)N([O-])CCCC1NC(=O)CNC(=O)C(CO)NC(=O)C(CO)NC(=O)C(CCCN([O-])C(=O)/C=C(/C)CC(=O)O)NC(=O)C(CCCN([O-])C(=O)/C=C(\C)CC(=O)O)NC1=O)CC(=O)O.[Fe+3]. The van der Waals surface area contributed by atoms with Gasteiger partial charge in [0.25, 0.3) is 0 Å². The zero-order chi connectivity index (χ0) is 53.2. The third kappa shape index (κ3) is 25.6. The molecule has 1 rings (SSSR count). The van der Waals surface area contributed by atoms with Crippen LogP contribution in [0.4, 0.5) is 0 Å². The van der Waals surface area contributed by atoms with Gasteiger partial charge in [-0.05, 0) is 59.3 Å². The third-order valence-electron chi connectivity index (χ3n) is 9.67. The third-order valence-corrected chi connectivity index (χ3v) is 9.67. The number of aliphatic hydroxyl groups excluding tert-OH is 2. The number of hydrogen-bond acceptors (Lipinski definition) is 17.